The Labute approximate surface area is 104 Å². The maximum absolute atomic E-state index is 11.6. The van der Waals surface area contributed by atoms with Gasteiger partial charge in [0.05, 0.1) is 18.6 Å². The molecular weight excluding hydrogens is 242 g/mol. The number of primary amides is 1. The molecule has 8 nitrogen and oxygen atoms in total. The molecule has 0 aliphatic carbocycles. The number of nitrogens with one attached hydrogen (secondary N) is 2. The molecule has 0 bridgehead atoms. The van der Waals surface area contributed by atoms with Gasteiger partial charge in [-0.15, -0.1) is 0 Å². The molecule has 3 amide bonds. The lowest BCUT2D eigenvalue weighted by molar-refractivity contribution is -0.140. The molecule has 1 aliphatic rings. The molecule has 1 fully saturated rings. The van der Waals surface area contributed by atoms with Crippen LogP contribution in [0, 0.1) is 0 Å². The highest BCUT2D eigenvalue weighted by Gasteiger charge is 2.32. The molecule has 0 aromatic rings. The molecule has 0 spiro atoms. The fraction of sp³-hybridized carbons (Fsp3) is 0.700. The van der Waals surface area contributed by atoms with Gasteiger partial charge in [0.25, 0.3) is 0 Å². The Balaban J connectivity index is 2.50. The standard InChI is InChI=1S/C10H17N3O5/c1-10(2-3-18-5-10)13-9(17)12-6(8(15)16)4-7(11)14/h6H,2-5H2,1H3,(H2,11,14)(H,15,16)(H2,12,13,17)/t6-,10?/m1/s1. The minimum atomic E-state index is -1.33. The highest BCUT2D eigenvalue weighted by Crippen LogP contribution is 2.17. The normalized spacial score (nSPS) is 24.3. The topological polar surface area (TPSA) is 131 Å². The summed E-state index contributed by atoms with van der Waals surface area (Å²) in [4.78, 5) is 33.1. The maximum Gasteiger partial charge on any atom is 0.326 e. The van der Waals surface area contributed by atoms with E-state index in [0.29, 0.717) is 19.6 Å². The van der Waals surface area contributed by atoms with E-state index in [2.05, 4.69) is 10.6 Å². The summed E-state index contributed by atoms with van der Waals surface area (Å²) in [6.45, 7) is 2.71. The molecule has 2 atom stereocenters. The van der Waals surface area contributed by atoms with Crippen LogP contribution in [0.25, 0.3) is 0 Å². The number of rotatable bonds is 5. The van der Waals surface area contributed by atoms with Crippen LogP contribution in [-0.2, 0) is 14.3 Å². The Kier molecular flexibility index (Phi) is 4.49. The third kappa shape index (κ3) is 4.21. The van der Waals surface area contributed by atoms with Crippen molar-refractivity contribution < 1.29 is 24.2 Å². The van der Waals surface area contributed by atoms with Gasteiger partial charge < -0.3 is 26.2 Å². The zero-order valence-corrected chi connectivity index (χ0v) is 10.1. The number of carboxylic acid groups (broad SMARTS) is 1. The van der Waals surface area contributed by atoms with E-state index in [1.807, 2.05) is 0 Å². The molecule has 1 heterocycles. The van der Waals surface area contributed by atoms with Gasteiger partial charge in [-0.2, -0.15) is 0 Å². The van der Waals surface area contributed by atoms with Crippen LogP contribution in [0.2, 0.25) is 0 Å². The van der Waals surface area contributed by atoms with Crippen molar-refractivity contribution in [2.45, 2.75) is 31.3 Å². The number of carbonyl (C=O) groups is 3. The van der Waals surface area contributed by atoms with E-state index in [0.717, 1.165) is 0 Å². The molecule has 0 aromatic heterocycles. The van der Waals surface area contributed by atoms with Crippen molar-refractivity contribution in [3.8, 4) is 0 Å². The number of hydrogen-bond donors (Lipinski definition) is 4. The van der Waals surface area contributed by atoms with Gasteiger partial charge in [0.1, 0.15) is 6.04 Å². The summed E-state index contributed by atoms with van der Waals surface area (Å²) in [5.74, 6) is -2.10. The van der Waals surface area contributed by atoms with Gasteiger partial charge in [0.2, 0.25) is 5.91 Å². The van der Waals surface area contributed by atoms with E-state index in [-0.39, 0.29) is 0 Å². The molecule has 1 unspecified atom stereocenters. The molecule has 8 heteroatoms. The first-order valence-electron chi connectivity index (χ1n) is 5.50. The summed E-state index contributed by atoms with van der Waals surface area (Å²) in [5, 5.41) is 13.6. The predicted octanol–water partition coefficient (Wildman–Crippen LogP) is -1.21. The van der Waals surface area contributed by atoms with Crippen molar-refractivity contribution in [1.82, 2.24) is 10.6 Å². The lowest BCUT2D eigenvalue weighted by Gasteiger charge is -2.24. The number of hydrogen-bond acceptors (Lipinski definition) is 4. The van der Waals surface area contributed by atoms with E-state index in [9.17, 15) is 14.4 Å². The Hall–Kier alpha value is -1.83. The van der Waals surface area contributed by atoms with E-state index in [1.54, 1.807) is 6.92 Å². The van der Waals surface area contributed by atoms with Crippen molar-refractivity contribution in [3.05, 3.63) is 0 Å². The van der Waals surface area contributed by atoms with E-state index in [1.165, 1.54) is 0 Å². The van der Waals surface area contributed by atoms with Crippen LogP contribution in [0.4, 0.5) is 4.79 Å². The van der Waals surface area contributed by atoms with E-state index >= 15 is 0 Å². The Morgan fingerprint density at radius 1 is 1.50 bits per heavy atom. The molecule has 1 rings (SSSR count). The molecule has 102 valence electrons. The zero-order valence-electron chi connectivity index (χ0n) is 10.1. The van der Waals surface area contributed by atoms with Gasteiger partial charge in [-0.05, 0) is 13.3 Å². The van der Waals surface area contributed by atoms with Crippen molar-refractivity contribution in [3.63, 3.8) is 0 Å². The summed E-state index contributed by atoms with van der Waals surface area (Å²) in [6, 6.07) is -1.98. The number of aliphatic carboxylic acids is 1. The highest BCUT2D eigenvalue weighted by molar-refractivity contribution is 5.87. The van der Waals surface area contributed by atoms with Gasteiger partial charge in [-0.25, -0.2) is 9.59 Å². The number of urea groups is 1. The lowest BCUT2D eigenvalue weighted by atomic mass is 10.0. The van der Waals surface area contributed by atoms with Crippen LogP contribution >= 0.6 is 0 Å². The van der Waals surface area contributed by atoms with Crippen LogP contribution in [0.1, 0.15) is 19.8 Å². The Morgan fingerprint density at radius 2 is 2.17 bits per heavy atom. The molecule has 18 heavy (non-hydrogen) atoms. The largest absolute Gasteiger partial charge is 0.480 e. The average Bonchev–Trinajstić information content (AvgIpc) is 2.62. The summed E-state index contributed by atoms with van der Waals surface area (Å²) >= 11 is 0. The summed E-state index contributed by atoms with van der Waals surface area (Å²) in [5.41, 5.74) is 4.39. The van der Waals surface area contributed by atoms with Crippen LogP contribution in [0.5, 0.6) is 0 Å². The monoisotopic (exact) mass is 259 g/mol. The highest BCUT2D eigenvalue weighted by atomic mass is 16.5. The molecular formula is C10H17N3O5. The van der Waals surface area contributed by atoms with Crippen molar-refractivity contribution >= 4 is 17.9 Å². The molecule has 1 saturated heterocycles. The van der Waals surface area contributed by atoms with Gasteiger partial charge in [0, 0.05) is 6.61 Å². The number of ether oxygens (including phenoxy) is 1. The maximum atomic E-state index is 11.6. The van der Waals surface area contributed by atoms with Crippen molar-refractivity contribution in [2.75, 3.05) is 13.2 Å². The first kappa shape index (κ1) is 14.2. The molecule has 0 radical (unpaired) electrons. The SMILES string of the molecule is CC1(NC(=O)N[C@H](CC(N)=O)C(=O)O)CCOC1. The van der Waals surface area contributed by atoms with Gasteiger partial charge in [-0.3, -0.25) is 4.79 Å². The van der Waals surface area contributed by atoms with Crippen LogP contribution < -0.4 is 16.4 Å². The quantitative estimate of drug-likeness (QED) is 0.492. The third-order valence-electron chi connectivity index (χ3n) is 2.64. The molecule has 0 aromatic carbocycles. The fourth-order valence-electron chi connectivity index (χ4n) is 1.64. The molecule has 5 N–H and O–H groups in total. The van der Waals surface area contributed by atoms with Crippen molar-refractivity contribution in [1.29, 1.82) is 0 Å². The van der Waals surface area contributed by atoms with Crippen LogP contribution in [0.3, 0.4) is 0 Å². The second-order valence-corrected chi connectivity index (χ2v) is 4.52. The summed E-state index contributed by atoms with van der Waals surface area (Å²) in [7, 11) is 0. The second-order valence-electron chi connectivity index (χ2n) is 4.52. The Bertz CT molecular complexity index is 351. The number of carboxylic acids is 1. The fourth-order valence-corrected chi connectivity index (χ4v) is 1.64. The number of carbonyl (C=O) groups excluding carboxylic acids is 2. The first-order valence-corrected chi connectivity index (χ1v) is 5.50. The molecule has 0 saturated carbocycles. The zero-order chi connectivity index (χ0) is 13.8. The summed E-state index contributed by atoms with van der Waals surface area (Å²) in [6.07, 6.45) is 0.198. The lowest BCUT2D eigenvalue weighted by Crippen LogP contribution is -2.54. The minimum Gasteiger partial charge on any atom is -0.480 e. The van der Waals surface area contributed by atoms with E-state index in [4.69, 9.17) is 15.6 Å². The Morgan fingerprint density at radius 3 is 2.61 bits per heavy atom. The molecule has 1 aliphatic heterocycles. The van der Waals surface area contributed by atoms with Crippen LogP contribution in [-0.4, -0.2) is 47.8 Å². The van der Waals surface area contributed by atoms with Crippen LogP contribution in [0.15, 0.2) is 0 Å². The minimum absolute atomic E-state index is 0.369. The number of amides is 3. The van der Waals surface area contributed by atoms with Gasteiger partial charge in [0.15, 0.2) is 0 Å². The smallest absolute Gasteiger partial charge is 0.326 e. The second kappa shape index (κ2) is 5.67. The third-order valence-corrected chi connectivity index (χ3v) is 2.64. The first-order chi connectivity index (χ1) is 8.32. The van der Waals surface area contributed by atoms with E-state index < -0.39 is 35.9 Å². The van der Waals surface area contributed by atoms with Gasteiger partial charge in [-0.1, -0.05) is 0 Å². The number of nitrogens with two attached hydrogens (primary N) is 1. The van der Waals surface area contributed by atoms with Crippen molar-refractivity contribution in [2.24, 2.45) is 5.73 Å². The predicted molar refractivity (Wildman–Crippen MR) is 60.7 cm³/mol. The summed E-state index contributed by atoms with van der Waals surface area (Å²) < 4.78 is 5.15. The average molecular weight is 259 g/mol. The van der Waals surface area contributed by atoms with Gasteiger partial charge >= 0.3 is 12.0 Å².